The Kier molecular flexibility index (Phi) is 3.83. The smallest absolute Gasteiger partial charge is 0.0589 e. The van der Waals surface area contributed by atoms with E-state index in [-0.39, 0.29) is 0 Å². The second-order valence-corrected chi connectivity index (χ2v) is 6.84. The molecule has 1 heterocycles. The second kappa shape index (κ2) is 5.23. The van der Waals surface area contributed by atoms with Gasteiger partial charge in [-0.25, -0.2) is 0 Å². The van der Waals surface area contributed by atoms with Crippen LogP contribution in [-0.4, -0.2) is 23.6 Å². The molecule has 0 aliphatic heterocycles. The minimum atomic E-state index is -2.54. The van der Waals surface area contributed by atoms with Crippen LogP contribution in [-0.2, 0) is 0 Å². The molecule has 19 heavy (non-hydrogen) atoms. The molecule has 0 bridgehead atoms. The summed E-state index contributed by atoms with van der Waals surface area (Å²) in [4.78, 5) is 7.42. The Balaban J connectivity index is 2.53. The number of pyridine rings is 1. The summed E-state index contributed by atoms with van der Waals surface area (Å²) in [5.74, 6) is 0. The van der Waals surface area contributed by atoms with Crippen molar-refractivity contribution in [3.8, 4) is 0 Å². The lowest BCUT2D eigenvalue weighted by atomic mass is 10.2. The van der Waals surface area contributed by atoms with Crippen LogP contribution in [0.25, 0.3) is 0 Å². The maximum atomic E-state index is 10.8. The third-order valence-electron chi connectivity index (χ3n) is 2.96. The first-order valence-corrected chi connectivity index (χ1v) is 7.60. The summed E-state index contributed by atoms with van der Waals surface area (Å²) in [6.07, 6.45) is 9.56. The van der Waals surface area contributed by atoms with Crippen LogP contribution in [0.5, 0.6) is 0 Å². The van der Waals surface area contributed by atoms with Gasteiger partial charge in [-0.1, -0.05) is 28.0 Å². The largest absolute Gasteiger partial charge is 0.377 e. The molecule has 0 amide bonds. The highest BCUT2D eigenvalue weighted by Gasteiger charge is 2.24. The van der Waals surface area contributed by atoms with Crippen molar-refractivity contribution in [2.24, 2.45) is 0 Å². The van der Waals surface area contributed by atoms with Gasteiger partial charge in [0.25, 0.3) is 0 Å². The van der Waals surface area contributed by atoms with Gasteiger partial charge in [-0.2, -0.15) is 0 Å². The second-order valence-electron chi connectivity index (χ2n) is 4.68. The minimum absolute atomic E-state index is 0.670. The Morgan fingerprint density at radius 1 is 1.16 bits per heavy atom. The van der Waals surface area contributed by atoms with E-state index in [1.54, 1.807) is 12.4 Å². The Hall–Kier alpha value is -1.52. The number of hydrogen-bond donors (Lipinski definition) is 1. The van der Waals surface area contributed by atoms with E-state index in [1.807, 2.05) is 56.3 Å². The summed E-state index contributed by atoms with van der Waals surface area (Å²) in [5.41, 5.74) is 2.02. The fourth-order valence-electron chi connectivity index (χ4n) is 1.85. The zero-order valence-corrected chi connectivity index (χ0v) is 12.2. The zero-order chi connectivity index (χ0) is 14.0. The molecule has 2 rings (SSSR count). The molecule has 0 fully saturated rings. The number of anilines is 1. The lowest BCUT2D eigenvalue weighted by Crippen LogP contribution is -2.12. The highest BCUT2D eigenvalue weighted by atomic mass is 32.3. The minimum Gasteiger partial charge on any atom is -0.377 e. The van der Waals surface area contributed by atoms with Crippen LogP contribution in [0.3, 0.4) is 0 Å². The van der Waals surface area contributed by atoms with Crippen molar-refractivity contribution in [1.82, 2.24) is 4.98 Å². The van der Waals surface area contributed by atoms with Gasteiger partial charge in [-0.05, 0) is 25.1 Å². The molecule has 1 unspecified atom stereocenters. The van der Waals surface area contributed by atoms with Gasteiger partial charge in [0.1, 0.15) is 0 Å². The molecule has 0 saturated carbocycles. The van der Waals surface area contributed by atoms with E-state index in [0.29, 0.717) is 4.90 Å². The monoisotopic (exact) mass is 274 g/mol. The van der Waals surface area contributed by atoms with E-state index in [4.69, 9.17) is 6.26 Å². The molecule has 0 saturated heterocycles. The molecule has 0 aliphatic carbocycles. The third-order valence-corrected chi connectivity index (χ3v) is 4.94. The lowest BCUT2D eigenvalue weighted by molar-refractivity contribution is 0.632. The topological polar surface area (TPSA) is 36.4 Å². The van der Waals surface area contributed by atoms with Crippen LogP contribution < -0.4 is 4.90 Å². The quantitative estimate of drug-likeness (QED) is 0.924. The van der Waals surface area contributed by atoms with Crippen molar-refractivity contribution in [2.45, 2.75) is 16.7 Å². The molecule has 3 nitrogen and oxygen atoms in total. The molecule has 1 N–H and O–H groups in total. The predicted molar refractivity (Wildman–Crippen MR) is 80.8 cm³/mol. The maximum absolute atomic E-state index is 10.8. The molecular formula is C15H18N2OS. The Morgan fingerprint density at radius 3 is 2.37 bits per heavy atom. The number of hydrogen-bond acceptors (Lipinski definition) is 3. The molecule has 2 aromatic rings. The van der Waals surface area contributed by atoms with Gasteiger partial charge in [0, 0.05) is 37.6 Å². The first-order chi connectivity index (χ1) is 8.93. The fraction of sp³-hybridized carbons (Fsp3) is 0.200. The number of aryl methyl sites for hydroxylation is 1. The summed E-state index contributed by atoms with van der Waals surface area (Å²) in [6.45, 7) is 2.00. The van der Waals surface area contributed by atoms with Gasteiger partial charge in [0.05, 0.1) is 10.6 Å². The predicted octanol–water partition coefficient (Wildman–Crippen LogP) is 3.82. The van der Waals surface area contributed by atoms with Crippen LogP contribution >= 0.6 is 10.3 Å². The van der Waals surface area contributed by atoms with E-state index >= 15 is 0 Å². The summed E-state index contributed by atoms with van der Waals surface area (Å²) < 4.78 is 10.8. The SMILES string of the molecule is [CH]S(O)(c1ccc(C)cc1)c1cnccc1N(C)C. The van der Waals surface area contributed by atoms with Crippen LogP contribution in [0.15, 0.2) is 52.5 Å². The zero-order valence-electron chi connectivity index (χ0n) is 11.4. The van der Waals surface area contributed by atoms with Crippen molar-refractivity contribution in [2.75, 3.05) is 19.0 Å². The molecule has 100 valence electrons. The molecule has 0 aliphatic rings. The molecule has 1 aromatic carbocycles. The van der Waals surface area contributed by atoms with Crippen molar-refractivity contribution >= 4 is 16.0 Å². The van der Waals surface area contributed by atoms with Crippen molar-refractivity contribution in [3.63, 3.8) is 0 Å². The van der Waals surface area contributed by atoms with Gasteiger partial charge in [-0.3, -0.25) is 4.98 Å². The molecule has 1 aromatic heterocycles. The summed E-state index contributed by atoms with van der Waals surface area (Å²) >= 11 is 0. The normalized spacial score (nSPS) is 15.6. The van der Waals surface area contributed by atoms with Crippen molar-refractivity contribution in [3.05, 3.63) is 54.5 Å². The van der Waals surface area contributed by atoms with Gasteiger partial charge < -0.3 is 9.45 Å². The fourth-order valence-corrected chi connectivity index (χ4v) is 3.45. The number of nitrogens with zero attached hydrogens (tertiary/aromatic N) is 2. The van der Waals surface area contributed by atoms with E-state index < -0.39 is 10.3 Å². The van der Waals surface area contributed by atoms with Gasteiger partial charge in [-0.15, -0.1) is 0 Å². The lowest BCUT2D eigenvalue weighted by Gasteiger charge is -2.32. The summed E-state index contributed by atoms with van der Waals surface area (Å²) in [6, 6.07) is 9.50. The van der Waals surface area contributed by atoms with Crippen LogP contribution in [0.2, 0.25) is 0 Å². The first kappa shape index (κ1) is 13.9. The average molecular weight is 274 g/mol. The van der Waals surface area contributed by atoms with Gasteiger partial charge in [0.15, 0.2) is 0 Å². The molecule has 0 spiro atoms. The van der Waals surface area contributed by atoms with Crippen LogP contribution in [0, 0.1) is 13.2 Å². The third kappa shape index (κ3) is 2.74. The van der Waals surface area contributed by atoms with Crippen molar-refractivity contribution < 1.29 is 4.55 Å². The number of benzene rings is 1. The van der Waals surface area contributed by atoms with Crippen LogP contribution in [0.1, 0.15) is 5.56 Å². The highest BCUT2D eigenvalue weighted by Crippen LogP contribution is 2.60. The molecular weight excluding hydrogens is 256 g/mol. The average Bonchev–Trinajstić information content (AvgIpc) is 2.39. The van der Waals surface area contributed by atoms with Gasteiger partial charge in [0.2, 0.25) is 0 Å². The van der Waals surface area contributed by atoms with E-state index in [2.05, 4.69) is 4.98 Å². The highest BCUT2D eigenvalue weighted by molar-refractivity contribution is 8.30. The molecule has 4 heteroatoms. The Morgan fingerprint density at radius 2 is 1.79 bits per heavy atom. The summed E-state index contributed by atoms with van der Waals surface area (Å²) in [7, 11) is 1.30. The standard InChI is InChI=1S/C15H18N2OS/c1-12-5-7-13(8-6-12)19(4,18)15-11-16-10-9-14(15)17(2)3/h4-11,18H,1-3H3. The number of aromatic nitrogens is 1. The molecule has 2 radical (unpaired) electrons. The first-order valence-electron chi connectivity index (χ1n) is 5.94. The van der Waals surface area contributed by atoms with E-state index in [0.717, 1.165) is 16.1 Å². The summed E-state index contributed by atoms with van der Waals surface area (Å²) in [5, 5.41) is 0. The van der Waals surface area contributed by atoms with Gasteiger partial charge >= 0.3 is 0 Å². The Bertz CT molecular complexity index is 565. The van der Waals surface area contributed by atoms with E-state index in [1.165, 1.54) is 0 Å². The van der Waals surface area contributed by atoms with Crippen molar-refractivity contribution in [1.29, 1.82) is 0 Å². The Labute approximate surface area is 116 Å². The number of rotatable bonds is 3. The van der Waals surface area contributed by atoms with Crippen LogP contribution in [0.4, 0.5) is 5.69 Å². The maximum Gasteiger partial charge on any atom is 0.0589 e. The molecule has 1 atom stereocenters. The van der Waals surface area contributed by atoms with E-state index in [9.17, 15) is 4.55 Å².